The second-order valence-electron chi connectivity index (χ2n) is 3.45. The number of rotatable bonds is 5. The monoisotopic (exact) mass is 220 g/mol. The van der Waals surface area contributed by atoms with Crippen LogP contribution in [0.4, 0.5) is 11.8 Å². The first-order valence-corrected chi connectivity index (χ1v) is 5.15. The zero-order valence-corrected chi connectivity index (χ0v) is 9.51. The first-order valence-electron chi connectivity index (χ1n) is 5.15. The number of nitrogens with two attached hydrogens (primary N) is 1. The van der Waals surface area contributed by atoms with E-state index in [1.54, 1.807) is 12.3 Å². The third-order valence-corrected chi connectivity index (χ3v) is 2.19. The van der Waals surface area contributed by atoms with Crippen LogP contribution in [0.2, 0.25) is 0 Å². The van der Waals surface area contributed by atoms with E-state index in [1.165, 1.54) is 0 Å². The summed E-state index contributed by atoms with van der Waals surface area (Å²) in [6.07, 6.45) is 1.64. The van der Waals surface area contributed by atoms with Crippen molar-refractivity contribution in [2.75, 3.05) is 23.4 Å². The van der Waals surface area contributed by atoms with Gasteiger partial charge in [0.25, 0.3) is 0 Å². The summed E-state index contributed by atoms with van der Waals surface area (Å²) in [4.78, 5) is 10.2. The van der Waals surface area contributed by atoms with Crippen molar-refractivity contribution in [3.8, 4) is 6.07 Å². The molecule has 86 valence electrons. The molecule has 0 radical (unpaired) electrons. The highest BCUT2D eigenvalue weighted by molar-refractivity contribution is 5.42. The van der Waals surface area contributed by atoms with Gasteiger partial charge in [0.15, 0.2) is 0 Å². The van der Waals surface area contributed by atoms with Gasteiger partial charge in [0.1, 0.15) is 5.82 Å². The number of hydrazine groups is 1. The molecule has 0 saturated carbocycles. The fourth-order valence-electron chi connectivity index (χ4n) is 1.35. The molecule has 0 aromatic carbocycles. The smallest absolute Gasteiger partial charge is 0.239 e. The molecule has 3 N–H and O–H groups in total. The molecule has 1 atom stereocenters. The van der Waals surface area contributed by atoms with Gasteiger partial charge < -0.3 is 4.90 Å². The summed E-state index contributed by atoms with van der Waals surface area (Å²) < 4.78 is 0. The predicted octanol–water partition coefficient (Wildman–Crippen LogP) is 0.748. The van der Waals surface area contributed by atoms with Crippen LogP contribution in [0, 0.1) is 17.2 Å². The van der Waals surface area contributed by atoms with Gasteiger partial charge in [0, 0.05) is 19.3 Å². The summed E-state index contributed by atoms with van der Waals surface area (Å²) in [6.45, 7) is 5.33. The normalized spacial score (nSPS) is 11.6. The fraction of sp³-hybridized carbons (Fsp3) is 0.500. The molecule has 1 heterocycles. The Hall–Kier alpha value is -1.87. The highest BCUT2D eigenvalue weighted by atomic mass is 15.3. The van der Waals surface area contributed by atoms with Gasteiger partial charge in [-0.2, -0.15) is 10.2 Å². The first-order chi connectivity index (χ1) is 7.71. The maximum absolute atomic E-state index is 8.79. The van der Waals surface area contributed by atoms with Gasteiger partial charge in [-0.25, -0.2) is 10.8 Å². The fourth-order valence-corrected chi connectivity index (χ4v) is 1.35. The van der Waals surface area contributed by atoms with E-state index in [4.69, 9.17) is 11.1 Å². The molecule has 0 aliphatic carbocycles. The summed E-state index contributed by atoms with van der Waals surface area (Å²) in [7, 11) is 0. The SMILES string of the molecule is CCN(CC(C)C#N)c1ccnc(NN)n1. The van der Waals surface area contributed by atoms with Gasteiger partial charge in [0.2, 0.25) is 5.95 Å². The van der Waals surface area contributed by atoms with Crippen molar-refractivity contribution in [3.05, 3.63) is 12.3 Å². The number of hydrogen-bond acceptors (Lipinski definition) is 6. The molecule has 0 fully saturated rings. The molecule has 1 aromatic rings. The Morgan fingerprint density at radius 1 is 1.69 bits per heavy atom. The zero-order valence-electron chi connectivity index (χ0n) is 9.51. The lowest BCUT2D eigenvalue weighted by Gasteiger charge is -2.22. The number of aromatic nitrogens is 2. The topological polar surface area (TPSA) is 90.9 Å². The third kappa shape index (κ3) is 3.07. The molecule has 0 spiro atoms. The van der Waals surface area contributed by atoms with Crippen LogP contribution in [0.25, 0.3) is 0 Å². The number of nitrogens with zero attached hydrogens (tertiary/aromatic N) is 4. The number of nitriles is 1. The van der Waals surface area contributed by atoms with Crippen molar-refractivity contribution < 1.29 is 0 Å². The van der Waals surface area contributed by atoms with E-state index in [-0.39, 0.29) is 5.92 Å². The molecule has 0 aliphatic rings. The molecule has 0 bridgehead atoms. The van der Waals surface area contributed by atoms with E-state index in [9.17, 15) is 0 Å². The lowest BCUT2D eigenvalue weighted by molar-refractivity contribution is 0.679. The van der Waals surface area contributed by atoms with E-state index in [2.05, 4.69) is 21.5 Å². The molecule has 1 unspecified atom stereocenters. The maximum atomic E-state index is 8.79. The van der Waals surface area contributed by atoms with Gasteiger partial charge in [-0.3, -0.25) is 5.43 Å². The highest BCUT2D eigenvalue weighted by Crippen LogP contribution is 2.13. The van der Waals surface area contributed by atoms with E-state index >= 15 is 0 Å². The summed E-state index contributed by atoms with van der Waals surface area (Å²) in [5.74, 6) is 6.35. The summed E-state index contributed by atoms with van der Waals surface area (Å²) in [5, 5.41) is 8.79. The minimum atomic E-state index is -0.0378. The van der Waals surface area contributed by atoms with Crippen LogP contribution in [-0.4, -0.2) is 23.1 Å². The van der Waals surface area contributed by atoms with E-state index < -0.39 is 0 Å². The lowest BCUT2D eigenvalue weighted by Crippen LogP contribution is -2.29. The van der Waals surface area contributed by atoms with E-state index in [0.717, 1.165) is 12.4 Å². The van der Waals surface area contributed by atoms with Gasteiger partial charge in [-0.1, -0.05) is 0 Å². The maximum Gasteiger partial charge on any atom is 0.239 e. The molecular formula is C10H16N6. The van der Waals surface area contributed by atoms with Crippen molar-refractivity contribution in [2.45, 2.75) is 13.8 Å². The van der Waals surface area contributed by atoms with E-state index in [1.807, 2.05) is 18.7 Å². The Morgan fingerprint density at radius 2 is 2.44 bits per heavy atom. The average Bonchev–Trinajstić information content (AvgIpc) is 2.35. The van der Waals surface area contributed by atoms with Gasteiger partial charge in [0.05, 0.1) is 12.0 Å². The predicted molar refractivity (Wildman–Crippen MR) is 62.5 cm³/mol. The number of nitrogens with one attached hydrogen (secondary N) is 1. The zero-order chi connectivity index (χ0) is 12.0. The molecule has 1 rings (SSSR count). The Labute approximate surface area is 95.1 Å². The minimum absolute atomic E-state index is 0.0378. The Kier molecular flexibility index (Phi) is 4.48. The number of nitrogen functional groups attached to an aromatic ring is 1. The summed E-state index contributed by atoms with van der Waals surface area (Å²) >= 11 is 0. The second-order valence-corrected chi connectivity index (χ2v) is 3.45. The minimum Gasteiger partial charge on any atom is -0.355 e. The van der Waals surface area contributed by atoms with Crippen molar-refractivity contribution in [1.82, 2.24) is 9.97 Å². The second kappa shape index (κ2) is 5.88. The van der Waals surface area contributed by atoms with Crippen LogP contribution in [0.1, 0.15) is 13.8 Å². The van der Waals surface area contributed by atoms with Crippen LogP contribution >= 0.6 is 0 Å². The standard InChI is InChI=1S/C10H16N6/c1-3-16(7-8(2)6-11)9-4-5-13-10(14-9)15-12/h4-5,8H,3,7,12H2,1-2H3,(H,13,14,15). The van der Waals surface area contributed by atoms with Crippen molar-refractivity contribution in [1.29, 1.82) is 5.26 Å². The molecule has 16 heavy (non-hydrogen) atoms. The molecule has 0 aliphatic heterocycles. The van der Waals surface area contributed by atoms with Gasteiger partial charge in [-0.05, 0) is 19.9 Å². The number of hydrogen-bond donors (Lipinski definition) is 2. The van der Waals surface area contributed by atoms with Crippen molar-refractivity contribution >= 4 is 11.8 Å². The highest BCUT2D eigenvalue weighted by Gasteiger charge is 2.10. The molecule has 6 heteroatoms. The lowest BCUT2D eigenvalue weighted by atomic mass is 10.2. The largest absolute Gasteiger partial charge is 0.355 e. The third-order valence-electron chi connectivity index (χ3n) is 2.19. The molecule has 0 amide bonds. The van der Waals surface area contributed by atoms with E-state index in [0.29, 0.717) is 12.5 Å². The first kappa shape index (κ1) is 12.2. The molecule has 0 saturated heterocycles. The van der Waals surface area contributed by atoms with Gasteiger partial charge >= 0.3 is 0 Å². The van der Waals surface area contributed by atoms with Crippen molar-refractivity contribution in [3.63, 3.8) is 0 Å². The summed E-state index contributed by atoms with van der Waals surface area (Å²) in [6, 6.07) is 4.00. The summed E-state index contributed by atoms with van der Waals surface area (Å²) in [5.41, 5.74) is 2.40. The van der Waals surface area contributed by atoms with Crippen molar-refractivity contribution in [2.24, 2.45) is 11.8 Å². The van der Waals surface area contributed by atoms with Crippen LogP contribution in [0.5, 0.6) is 0 Å². The Morgan fingerprint density at radius 3 is 3.00 bits per heavy atom. The van der Waals surface area contributed by atoms with Crippen LogP contribution in [0.15, 0.2) is 12.3 Å². The molecule has 6 nitrogen and oxygen atoms in total. The van der Waals surface area contributed by atoms with Crippen LogP contribution in [-0.2, 0) is 0 Å². The van der Waals surface area contributed by atoms with Crippen LogP contribution in [0.3, 0.4) is 0 Å². The average molecular weight is 220 g/mol. The Bertz CT molecular complexity index is 372. The van der Waals surface area contributed by atoms with Crippen LogP contribution < -0.4 is 16.2 Å². The molecule has 1 aromatic heterocycles. The quantitative estimate of drug-likeness (QED) is 0.562. The Balaban J connectivity index is 2.82. The molecular weight excluding hydrogens is 204 g/mol. The number of anilines is 2. The van der Waals surface area contributed by atoms with Gasteiger partial charge in [-0.15, -0.1) is 0 Å².